The van der Waals surface area contributed by atoms with Crippen LogP contribution in [0, 0.1) is 0 Å². The van der Waals surface area contributed by atoms with Crippen LogP contribution in [0.15, 0.2) is 36.7 Å². The van der Waals surface area contributed by atoms with Crippen molar-refractivity contribution < 1.29 is 14.6 Å². The summed E-state index contributed by atoms with van der Waals surface area (Å²) in [4.78, 5) is 20.2. The standard InChI is InChI=1S/C19H21N3O3S/c1-3-8-19(24,13-11-21-9-7-15(13)25-4-2)18-22-14-6-5-12(17(20)23)10-16(14)26-18/h5-7,9-11,24H,3-4,8H2,1-2H3,(H2,20,23). The lowest BCUT2D eigenvalue weighted by molar-refractivity contribution is 0.0663. The molecule has 3 rings (SSSR count). The topological polar surface area (TPSA) is 98.3 Å². The Bertz CT molecular complexity index is 941. The summed E-state index contributed by atoms with van der Waals surface area (Å²) in [5.41, 5.74) is 5.77. The van der Waals surface area contributed by atoms with E-state index in [4.69, 9.17) is 10.5 Å². The molecule has 7 heteroatoms. The lowest BCUT2D eigenvalue weighted by Gasteiger charge is -2.27. The van der Waals surface area contributed by atoms with Gasteiger partial charge in [-0.1, -0.05) is 13.3 Å². The van der Waals surface area contributed by atoms with Crippen LogP contribution in [0.3, 0.4) is 0 Å². The number of rotatable bonds is 7. The fourth-order valence-electron chi connectivity index (χ4n) is 2.95. The van der Waals surface area contributed by atoms with Gasteiger partial charge in [0.2, 0.25) is 5.91 Å². The number of ether oxygens (including phenoxy) is 1. The van der Waals surface area contributed by atoms with Gasteiger partial charge in [0, 0.05) is 18.0 Å². The summed E-state index contributed by atoms with van der Waals surface area (Å²) >= 11 is 1.35. The van der Waals surface area contributed by atoms with E-state index in [9.17, 15) is 9.90 Å². The zero-order valence-electron chi connectivity index (χ0n) is 14.7. The quantitative estimate of drug-likeness (QED) is 0.664. The molecule has 0 aliphatic heterocycles. The van der Waals surface area contributed by atoms with Gasteiger partial charge in [-0.3, -0.25) is 9.78 Å². The molecule has 0 radical (unpaired) electrons. The van der Waals surface area contributed by atoms with Crippen LogP contribution in [0.5, 0.6) is 5.75 Å². The number of aliphatic hydroxyl groups is 1. The molecule has 6 nitrogen and oxygen atoms in total. The molecule has 2 aromatic heterocycles. The van der Waals surface area contributed by atoms with Crippen LogP contribution >= 0.6 is 11.3 Å². The molecular formula is C19H21N3O3S. The minimum atomic E-state index is -1.32. The lowest BCUT2D eigenvalue weighted by Crippen LogP contribution is -2.28. The number of primary amides is 1. The predicted molar refractivity (Wildman–Crippen MR) is 101 cm³/mol. The summed E-state index contributed by atoms with van der Waals surface area (Å²) in [6.07, 6.45) is 4.49. The largest absolute Gasteiger partial charge is 0.493 e. The summed E-state index contributed by atoms with van der Waals surface area (Å²) in [5, 5.41) is 12.1. The number of benzene rings is 1. The molecule has 136 valence electrons. The van der Waals surface area contributed by atoms with Crippen molar-refractivity contribution in [2.45, 2.75) is 32.3 Å². The van der Waals surface area contributed by atoms with Crippen molar-refractivity contribution in [2.75, 3.05) is 6.61 Å². The highest BCUT2D eigenvalue weighted by atomic mass is 32.1. The van der Waals surface area contributed by atoms with Crippen LogP contribution in [-0.4, -0.2) is 27.6 Å². The number of aromatic nitrogens is 2. The minimum Gasteiger partial charge on any atom is -0.493 e. The molecule has 0 spiro atoms. The van der Waals surface area contributed by atoms with E-state index in [1.807, 2.05) is 13.8 Å². The monoisotopic (exact) mass is 371 g/mol. The molecule has 26 heavy (non-hydrogen) atoms. The second-order valence-electron chi connectivity index (χ2n) is 5.98. The highest BCUT2D eigenvalue weighted by molar-refractivity contribution is 7.18. The summed E-state index contributed by atoms with van der Waals surface area (Å²) in [6, 6.07) is 6.84. The molecule has 0 aliphatic rings. The molecule has 3 N–H and O–H groups in total. The predicted octanol–water partition coefficient (Wildman–Crippen LogP) is 3.22. The summed E-state index contributed by atoms with van der Waals surface area (Å²) < 4.78 is 6.49. The van der Waals surface area contributed by atoms with E-state index in [0.29, 0.717) is 40.4 Å². The fraction of sp³-hybridized carbons (Fsp3) is 0.316. The third-order valence-corrected chi connectivity index (χ3v) is 5.33. The molecule has 1 atom stereocenters. The summed E-state index contributed by atoms with van der Waals surface area (Å²) in [5.74, 6) is 0.104. The Morgan fingerprint density at radius 3 is 2.85 bits per heavy atom. The van der Waals surface area contributed by atoms with E-state index in [1.165, 1.54) is 11.3 Å². The number of hydrogen-bond acceptors (Lipinski definition) is 6. The third-order valence-electron chi connectivity index (χ3n) is 4.17. The molecule has 0 saturated heterocycles. The van der Waals surface area contributed by atoms with Gasteiger partial charge in [-0.25, -0.2) is 4.98 Å². The van der Waals surface area contributed by atoms with E-state index in [2.05, 4.69) is 9.97 Å². The number of nitrogens with two attached hydrogens (primary N) is 1. The van der Waals surface area contributed by atoms with Gasteiger partial charge in [0.15, 0.2) is 0 Å². The second-order valence-corrected chi connectivity index (χ2v) is 7.01. The van der Waals surface area contributed by atoms with Gasteiger partial charge in [0.05, 0.1) is 22.4 Å². The molecule has 3 aromatic rings. The Kier molecular flexibility index (Phi) is 5.20. The number of thiazole rings is 1. The first-order valence-electron chi connectivity index (χ1n) is 8.50. The normalized spacial score (nSPS) is 13.5. The van der Waals surface area contributed by atoms with Crippen molar-refractivity contribution >= 4 is 27.5 Å². The zero-order chi connectivity index (χ0) is 18.7. The van der Waals surface area contributed by atoms with Crippen molar-refractivity contribution in [3.63, 3.8) is 0 Å². The smallest absolute Gasteiger partial charge is 0.248 e. The molecule has 0 aliphatic carbocycles. The molecular weight excluding hydrogens is 350 g/mol. The number of amides is 1. The van der Waals surface area contributed by atoms with Gasteiger partial charge in [-0.2, -0.15) is 0 Å². The van der Waals surface area contributed by atoms with Crippen molar-refractivity contribution in [3.8, 4) is 5.75 Å². The number of hydrogen-bond donors (Lipinski definition) is 2. The fourth-order valence-corrected chi connectivity index (χ4v) is 4.08. The summed E-state index contributed by atoms with van der Waals surface area (Å²) in [6.45, 7) is 4.38. The lowest BCUT2D eigenvalue weighted by atomic mass is 9.90. The first kappa shape index (κ1) is 18.3. The number of carbonyl (C=O) groups is 1. The average Bonchev–Trinajstić information content (AvgIpc) is 3.06. The highest BCUT2D eigenvalue weighted by Gasteiger charge is 2.37. The third kappa shape index (κ3) is 3.27. The van der Waals surface area contributed by atoms with Gasteiger partial charge in [0.1, 0.15) is 16.4 Å². The van der Waals surface area contributed by atoms with E-state index in [-0.39, 0.29) is 0 Å². The molecule has 1 aromatic carbocycles. The van der Waals surface area contributed by atoms with E-state index in [0.717, 1.165) is 11.1 Å². The first-order valence-corrected chi connectivity index (χ1v) is 9.31. The average molecular weight is 371 g/mol. The zero-order valence-corrected chi connectivity index (χ0v) is 15.5. The first-order chi connectivity index (χ1) is 12.5. The van der Waals surface area contributed by atoms with Gasteiger partial charge in [-0.05, 0) is 37.6 Å². The van der Waals surface area contributed by atoms with E-state index in [1.54, 1.807) is 36.7 Å². The van der Waals surface area contributed by atoms with Crippen LogP contribution in [0.25, 0.3) is 10.2 Å². The summed E-state index contributed by atoms with van der Waals surface area (Å²) in [7, 11) is 0. The van der Waals surface area contributed by atoms with Crippen LogP contribution in [0.2, 0.25) is 0 Å². The van der Waals surface area contributed by atoms with Crippen LogP contribution in [-0.2, 0) is 5.60 Å². The maximum atomic E-state index is 11.6. The molecule has 2 heterocycles. The van der Waals surface area contributed by atoms with Gasteiger partial charge < -0.3 is 15.6 Å². The van der Waals surface area contributed by atoms with E-state index >= 15 is 0 Å². The number of pyridine rings is 1. The Morgan fingerprint density at radius 2 is 2.15 bits per heavy atom. The van der Waals surface area contributed by atoms with Crippen molar-refractivity contribution in [3.05, 3.63) is 52.8 Å². The SMILES string of the molecule is CCCC(O)(c1nc2ccc(C(N)=O)cc2s1)c1cnccc1OCC. The van der Waals surface area contributed by atoms with Crippen molar-refractivity contribution in [2.24, 2.45) is 5.73 Å². The molecule has 1 amide bonds. The van der Waals surface area contributed by atoms with Crippen LogP contribution in [0.4, 0.5) is 0 Å². The molecule has 0 bridgehead atoms. The van der Waals surface area contributed by atoms with Gasteiger partial charge in [-0.15, -0.1) is 11.3 Å². The number of nitrogens with zero attached hydrogens (tertiary/aromatic N) is 2. The molecule has 0 saturated carbocycles. The van der Waals surface area contributed by atoms with Crippen molar-refractivity contribution in [1.29, 1.82) is 0 Å². The Morgan fingerprint density at radius 1 is 1.35 bits per heavy atom. The van der Waals surface area contributed by atoms with Gasteiger partial charge in [0.25, 0.3) is 0 Å². The molecule has 1 unspecified atom stereocenters. The highest BCUT2D eigenvalue weighted by Crippen LogP contribution is 2.42. The Balaban J connectivity index is 2.15. The van der Waals surface area contributed by atoms with Crippen LogP contribution in [0.1, 0.15) is 47.6 Å². The van der Waals surface area contributed by atoms with Gasteiger partial charge >= 0.3 is 0 Å². The Labute approximate surface area is 155 Å². The van der Waals surface area contributed by atoms with Crippen LogP contribution < -0.4 is 10.5 Å². The number of carbonyl (C=O) groups excluding carboxylic acids is 1. The number of fused-ring (bicyclic) bond motifs is 1. The second kappa shape index (κ2) is 7.39. The maximum absolute atomic E-state index is 11.6. The maximum Gasteiger partial charge on any atom is 0.248 e. The minimum absolute atomic E-state index is 0.420. The van der Waals surface area contributed by atoms with Crippen molar-refractivity contribution in [1.82, 2.24) is 9.97 Å². The van der Waals surface area contributed by atoms with E-state index < -0.39 is 11.5 Å². The Hall–Kier alpha value is -2.51. The molecule has 0 fully saturated rings.